The molecule has 102 valence electrons. The first-order chi connectivity index (χ1) is 9.24. The van der Waals surface area contributed by atoms with E-state index in [0.717, 1.165) is 19.4 Å². The van der Waals surface area contributed by atoms with Gasteiger partial charge < -0.3 is 10.1 Å². The number of rotatable bonds is 4. The Balaban J connectivity index is 1.46. The van der Waals surface area contributed by atoms with Crippen molar-refractivity contribution in [2.24, 2.45) is 5.92 Å². The van der Waals surface area contributed by atoms with E-state index in [4.69, 9.17) is 4.74 Å². The summed E-state index contributed by atoms with van der Waals surface area (Å²) < 4.78 is 18.9. The number of hydrogen-bond donors (Lipinski definition) is 1. The number of amides is 1. The lowest BCUT2D eigenvalue weighted by Gasteiger charge is -2.39. The summed E-state index contributed by atoms with van der Waals surface area (Å²) in [4.78, 5) is 11.8. The number of hydrogen-bond acceptors (Lipinski definition) is 2. The topological polar surface area (TPSA) is 38.3 Å². The van der Waals surface area contributed by atoms with Gasteiger partial charge in [-0.1, -0.05) is 18.2 Å². The Labute approximate surface area is 112 Å². The average molecular weight is 263 g/mol. The summed E-state index contributed by atoms with van der Waals surface area (Å²) in [6.45, 7) is 0.816. The number of ether oxygens (including phenoxy) is 1. The molecular weight excluding hydrogens is 245 g/mol. The molecule has 1 N–H and O–H groups in total. The van der Waals surface area contributed by atoms with Crippen LogP contribution in [0.3, 0.4) is 0 Å². The van der Waals surface area contributed by atoms with E-state index in [1.807, 2.05) is 0 Å². The van der Waals surface area contributed by atoms with E-state index in [2.05, 4.69) is 5.32 Å². The number of halogens is 1. The third-order valence-electron chi connectivity index (χ3n) is 4.19. The van der Waals surface area contributed by atoms with Gasteiger partial charge in [0.2, 0.25) is 5.91 Å². The van der Waals surface area contributed by atoms with Crippen LogP contribution in [-0.4, -0.2) is 24.7 Å². The summed E-state index contributed by atoms with van der Waals surface area (Å²) in [5, 5.41) is 3.04. The number of carbonyl (C=O) groups excluding carboxylic acids is 1. The largest absolute Gasteiger partial charge is 0.378 e. The van der Waals surface area contributed by atoms with Crippen molar-refractivity contribution in [3.05, 3.63) is 35.6 Å². The van der Waals surface area contributed by atoms with E-state index in [1.54, 1.807) is 18.2 Å². The van der Waals surface area contributed by atoms with Crippen molar-refractivity contribution >= 4 is 5.91 Å². The molecule has 1 aliphatic carbocycles. The first kappa shape index (κ1) is 12.6. The van der Waals surface area contributed by atoms with Gasteiger partial charge in [-0.05, 0) is 30.9 Å². The minimum Gasteiger partial charge on any atom is -0.378 e. The molecular formula is C15H18FNO2. The van der Waals surface area contributed by atoms with Crippen molar-refractivity contribution in [2.75, 3.05) is 6.61 Å². The summed E-state index contributed by atoms with van der Waals surface area (Å²) in [5.74, 6) is 0.277. The SMILES string of the molecule is O=C(CCc1ccccc1F)N[C@@H]1C[C@H]2OCC[C@@H]12. The molecule has 3 rings (SSSR count). The van der Waals surface area contributed by atoms with Crippen molar-refractivity contribution in [3.63, 3.8) is 0 Å². The van der Waals surface area contributed by atoms with Gasteiger partial charge >= 0.3 is 0 Å². The van der Waals surface area contributed by atoms with Crippen molar-refractivity contribution in [1.82, 2.24) is 5.32 Å². The molecule has 1 saturated heterocycles. The minimum absolute atomic E-state index is 0.0126. The summed E-state index contributed by atoms with van der Waals surface area (Å²) in [6.07, 6.45) is 3.13. The van der Waals surface area contributed by atoms with Crippen LogP contribution in [0.15, 0.2) is 24.3 Å². The van der Waals surface area contributed by atoms with Crippen LogP contribution in [0.25, 0.3) is 0 Å². The second kappa shape index (κ2) is 5.29. The second-order valence-corrected chi connectivity index (χ2v) is 5.36. The van der Waals surface area contributed by atoms with Crippen LogP contribution in [0.5, 0.6) is 0 Å². The predicted molar refractivity (Wildman–Crippen MR) is 69.1 cm³/mol. The van der Waals surface area contributed by atoms with Crippen molar-refractivity contribution in [3.8, 4) is 0 Å². The van der Waals surface area contributed by atoms with Crippen LogP contribution >= 0.6 is 0 Å². The zero-order chi connectivity index (χ0) is 13.2. The van der Waals surface area contributed by atoms with Gasteiger partial charge in [-0.3, -0.25) is 4.79 Å². The van der Waals surface area contributed by atoms with E-state index >= 15 is 0 Å². The molecule has 3 nitrogen and oxygen atoms in total. The van der Waals surface area contributed by atoms with Gasteiger partial charge in [-0.25, -0.2) is 4.39 Å². The van der Waals surface area contributed by atoms with Crippen LogP contribution in [0.1, 0.15) is 24.8 Å². The molecule has 19 heavy (non-hydrogen) atoms. The summed E-state index contributed by atoms with van der Waals surface area (Å²) in [6, 6.07) is 6.88. The standard InChI is InChI=1S/C15H18FNO2/c16-12-4-2-1-3-10(12)5-6-15(18)17-13-9-14-11(13)7-8-19-14/h1-4,11,13-14H,5-9H2,(H,17,18)/t11-,13+,14+/m0/s1. The first-order valence-corrected chi connectivity index (χ1v) is 6.88. The van der Waals surface area contributed by atoms with Crippen molar-refractivity contribution in [1.29, 1.82) is 0 Å². The Morgan fingerprint density at radius 2 is 2.26 bits per heavy atom. The van der Waals surface area contributed by atoms with E-state index in [-0.39, 0.29) is 17.8 Å². The fourth-order valence-corrected chi connectivity index (χ4v) is 2.99. The fourth-order valence-electron chi connectivity index (χ4n) is 2.99. The maximum Gasteiger partial charge on any atom is 0.220 e. The van der Waals surface area contributed by atoms with Gasteiger partial charge in [-0.15, -0.1) is 0 Å². The van der Waals surface area contributed by atoms with E-state index < -0.39 is 0 Å². The Hall–Kier alpha value is -1.42. The number of aryl methyl sites for hydroxylation is 1. The lowest BCUT2D eigenvalue weighted by atomic mass is 9.76. The quantitative estimate of drug-likeness (QED) is 0.903. The molecule has 1 aromatic carbocycles. The van der Waals surface area contributed by atoms with Gasteiger partial charge in [0.1, 0.15) is 5.82 Å². The fraction of sp³-hybridized carbons (Fsp3) is 0.533. The summed E-state index contributed by atoms with van der Waals surface area (Å²) >= 11 is 0. The molecule has 1 aromatic rings. The molecule has 0 spiro atoms. The van der Waals surface area contributed by atoms with E-state index in [0.29, 0.717) is 30.4 Å². The number of nitrogens with one attached hydrogen (secondary N) is 1. The van der Waals surface area contributed by atoms with Crippen LogP contribution < -0.4 is 5.32 Å². The van der Waals surface area contributed by atoms with Gasteiger partial charge in [0, 0.05) is 25.0 Å². The first-order valence-electron chi connectivity index (χ1n) is 6.88. The highest BCUT2D eigenvalue weighted by Gasteiger charge is 2.45. The molecule has 0 bridgehead atoms. The van der Waals surface area contributed by atoms with Crippen LogP contribution in [0.2, 0.25) is 0 Å². The smallest absolute Gasteiger partial charge is 0.220 e. The molecule has 0 unspecified atom stereocenters. The maximum absolute atomic E-state index is 13.4. The minimum atomic E-state index is -0.233. The molecule has 2 fully saturated rings. The Bertz CT molecular complexity index is 477. The summed E-state index contributed by atoms with van der Waals surface area (Å²) in [7, 11) is 0. The van der Waals surface area contributed by atoms with Gasteiger partial charge in [0.15, 0.2) is 0 Å². The molecule has 0 aromatic heterocycles. The van der Waals surface area contributed by atoms with Gasteiger partial charge in [-0.2, -0.15) is 0 Å². The molecule has 1 saturated carbocycles. The van der Waals surface area contributed by atoms with Crippen LogP contribution in [0, 0.1) is 11.7 Å². The molecule has 0 radical (unpaired) electrons. The number of benzene rings is 1. The zero-order valence-electron chi connectivity index (χ0n) is 10.8. The van der Waals surface area contributed by atoms with Crippen molar-refractivity contribution in [2.45, 2.75) is 37.8 Å². The second-order valence-electron chi connectivity index (χ2n) is 5.36. The number of fused-ring (bicyclic) bond motifs is 1. The van der Waals surface area contributed by atoms with Gasteiger partial charge in [0.05, 0.1) is 6.10 Å². The highest BCUT2D eigenvalue weighted by Crippen LogP contribution is 2.38. The third kappa shape index (κ3) is 2.63. The Morgan fingerprint density at radius 3 is 3.05 bits per heavy atom. The molecule has 1 amide bonds. The molecule has 2 aliphatic rings. The normalized spacial score (nSPS) is 28.6. The van der Waals surface area contributed by atoms with E-state index in [1.165, 1.54) is 6.07 Å². The summed E-state index contributed by atoms with van der Waals surface area (Å²) in [5.41, 5.74) is 0.605. The molecule has 1 heterocycles. The molecule has 3 atom stereocenters. The van der Waals surface area contributed by atoms with Crippen LogP contribution in [-0.2, 0) is 16.0 Å². The van der Waals surface area contributed by atoms with Crippen molar-refractivity contribution < 1.29 is 13.9 Å². The maximum atomic E-state index is 13.4. The van der Waals surface area contributed by atoms with Gasteiger partial charge in [0.25, 0.3) is 0 Å². The lowest BCUT2D eigenvalue weighted by molar-refractivity contribution is -0.124. The molecule has 4 heteroatoms. The highest BCUT2D eigenvalue weighted by molar-refractivity contribution is 5.76. The Morgan fingerprint density at radius 1 is 1.42 bits per heavy atom. The Kier molecular flexibility index (Phi) is 3.51. The lowest BCUT2D eigenvalue weighted by Crippen LogP contribution is -2.53. The zero-order valence-corrected chi connectivity index (χ0v) is 10.8. The van der Waals surface area contributed by atoms with Crippen LogP contribution in [0.4, 0.5) is 4.39 Å². The monoisotopic (exact) mass is 263 g/mol. The average Bonchev–Trinajstić information content (AvgIpc) is 2.76. The number of carbonyl (C=O) groups is 1. The predicted octanol–water partition coefficient (Wildman–Crippen LogP) is 2.05. The molecule has 1 aliphatic heterocycles. The highest BCUT2D eigenvalue weighted by atomic mass is 19.1. The third-order valence-corrected chi connectivity index (χ3v) is 4.19. The van der Waals surface area contributed by atoms with E-state index in [9.17, 15) is 9.18 Å².